The number of hydrogen-bond acceptors (Lipinski definition) is 6. The van der Waals surface area contributed by atoms with E-state index in [0.717, 1.165) is 30.4 Å². The van der Waals surface area contributed by atoms with E-state index in [-0.39, 0.29) is 6.54 Å². The highest BCUT2D eigenvalue weighted by atomic mass is 16.2. The average molecular weight is 341 g/mol. The van der Waals surface area contributed by atoms with E-state index in [1.807, 2.05) is 0 Å². The van der Waals surface area contributed by atoms with Crippen molar-refractivity contribution in [3.63, 3.8) is 0 Å². The lowest BCUT2D eigenvalue weighted by atomic mass is 9.92. The zero-order chi connectivity index (χ0) is 17.7. The van der Waals surface area contributed by atoms with Crippen LogP contribution in [0.3, 0.4) is 0 Å². The molecule has 9 nitrogen and oxygen atoms in total. The smallest absolute Gasteiger partial charge is 0.267 e. The molecular weight excluding hydrogens is 322 g/mol. The number of rotatable bonds is 4. The Bertz CT molecular complexity index is 827. The molecule has 1 fully saturated rings. The molecular formula is C16H19N7O2. The fourth-order valence-corrected chi connectivity index (χ4v) is 3.04. The van der Waals surface area contributed by atoms with Crippen LogP contribution in [0.1, 0.15) is 38.5 Å². The molecule has 3 rings (SSSR count). The Morgan fingerprint density at radius 2 is 2.04 bits per heavy atom. The normalized spacial score (nSPS) is 16.6. The number of amides is 1. The molecule has 0 saturated heterocycles. The van der Waals surface area contributed by atoms with Crippen molar-refractivity contribution in [2.75, 3.05) is 0 Å². The zero-order valence-corrected chi connectivity index (χ0v) is 13.8. The topological polar surface area (TPSA) is 118 Å². The van der Waals surface area contributed by atoms with Gasteiger partial charge in [-0.25, -0.2) is 14.3 Å². The number of carbonyl (C=O) groups excluding carboxylic acids is 1. The summed E-state index contributed by atoms with van der Waals surface area (Å²) in [5, 5.41) is 20.4. The summed E-state index contributed by atoms with van der Waals surface area (Å²) in [5.41, 5.74) is -1.24. The van der Waals surface area contributed by atoms with Crippen molar-refractivity contribution >= 4 is 5.91 Å². The minimum absolute atomic E-state index is 0.245. The number of nitriles is 1. The Morgan fingerprint density at radius 1 is 1.28 bits per heavy atom. The van der Waals surface area contributed by atoms with Gasteiger partial charge in [0.15, 0.2) is 5.82 Å². The van der Waals surface area contributed by atoms with E-state index in [1.54, 1.807) is 0 Å². The third-order valence-electron chi connectivity index (χ3n) is 4.35. The van der Waals surface area contributed by atoms with Crippen LogP contribution < -0.4 is 10.9 Å². The molecule has 0 radical (unpaired) electrons. The maximum atomic E-state index is 12.4. The van der Waals surface area contributed by atoms with E-state index >= 15 is 0 Å². The van der Waals surface area contributed by atoms with Gasteiger partial charge in [0.05, 0.1) is 6.07 Å². The molecule has 2 aromatic heterocycles. The maximum absolute atomic E-state index is 12.4. The van der Waals surface area contributed by atoms with E-state index in [9.17, 15) is 14.9 Å². The Labute approximate surface area is 144 Å². The van der Waals surface area contributed by atoms with E-state index in [1.165, 1.54) is 29.5 Å². The molecule has 1 aliphatic carbocycles. The van der Waals surface area contributed by atoms with Crippen LogP contribution in [0.4, 0.5) is 0 Å². The number of aromatic nitrogens is 5. The van der Waals surface area contributed by atoms with Gasteiger partial charge < -0.3 is 5.32 Å². The van der Waals surface area contributed by atoms with Gasteiger partial charge in [-0.2, -0.15) is 10.4 Å². The SMILES string of the molecule is N#CC1(NC(=O)Cn2nc(-n3cncn3)ccc2=O)CCCCCC1. The lowest BCUT2D eigenvalue weighted by Crippen LogP contribution is -2.49. The number of carbonyl (C=O) groups is 1. The second kappa shape index (κ2) is 7.25. The largest absolute Gasteiger partial charge is 0.336 e. The molecule has 2 aromatic rings. The Kier molecular flexibility index (Phi) is 4.88. The number of nitrogens with zero attached hydrogens (tertiary/aromatic N) is 6. The van der Waals surface area contributed by atoms with Crippen molar-refractivity contribution in [3.05, 3.63) is 35.1 Å². The summed E-state index contributed by atoms with van der Waals surface area (Å²) in [6.07, 6.45) is 8.04. The van der Waals surface area contributed by atoms with Crippen molar-refractivity contribution in [1.29, 1.82) is 5.26 Å². The first-order valence-corrected chi connectivity index (χ1v) is 8.27. The van der Waals surface area contributed by atoms with Crippen LogP contribution in [-0.4, -0.2) is 36.0 Å². The van der Waals surface area contributed by atoms with Gasteiger partial charge in [-0.3, -0.25) is 9.59 Å². The van der Waals surface area contributed by atoms with Crippen molar-refractivity contribution in [1.82, 2.24) is 29.9 Å². The molecule has 2 heterocycles. The van der Waals surface area contributed by atoms with Crippen molar-refractivity contribution in [2.24, 2.45) is 0 Å². The minimum Gasteiger partial charge on any atom is -0.336 e. The highest BCUT2D eigenvalue weighted by molar-refractivity contribution is 5.77. The predicted octanol–water partition coefficient (Wildman–Crippen LogP) is 0.557. The van der Waals surface area contributed by atoms with Crippen LogP contribution in [0, 0.1) is 11.3 Å². The molecule has 9 heteroatoms. The standard InChI is InChI=1S/C16H19N7O2/c17-10-16(7-3-1-2-4-8-16)20-14(24)9-22-15(25)6-5-13(21-22)23-12-18-11-19-23/h5-6,11-12H,1-4,7-9H2,(H,20,24). The minimum atomic E-state index is -0.847. The molecule has 1 saturated carbocycles. The lowest BCUT2D eigenvalue weighted by Gasteiger charge is -2.26. The molecule has 130 valence electrons. The van der Waals surface area contributed by atoms with Gasteiger partial charge in [0.2, 0.25) is 5.91 Å². The van der Waals surface area contributed by atoms with E-state index in [0.29, 0.717) is 18.7 Å². The van der Waals surface area contributed by atoms with Crippen LogP contribution in [-0.2, 0) is 11.3 Å². The van der Waals surface area contributed by atoms with Gasteiger partial charge >= 0.3 is 0 Å². The summed E-state index contributed by atoms with van der Waals surface area (Å²) in [6, 6.07) is 5.09. The fraction of sp³-hybridized carbons (Fsp3) is 0.500. The molecule has 0 bridgehead atoms. The van der Waals surface area contributed by atoms with Gasteiger partial charge in [-0.1, -0.05) is 25.7 Å². The Balaban J connectivity index is 1.75. The fourth-order valence-electron chi connectivity index (χ4n) is 3.04. The predicted molar refractivity (Wildman–Crippen MR) is 87.6 cm³/mol. The van der Waals surface area contributed by atoms with Crippen LogP contribution in [0.15, 0.2) is 29.6 Å². The molecule has 0 spiro atoms. The summed E-state index contributed by atoms with van der Waals surface area (Å²) >= 11 is 0. The van der Waals surface area contributed by atoms with Crippen molar-refractivity contribution in [2.45, 2.75) is 50.6 Å². The first-order valence-electron chi connectivity index (χ1n) is 8.27. The molecule has 1 N–H and O–H groups in total. The zero-order valence-electron chi connectivity index (χ0n) is 13.8. The van der Waals surface area contributed by atoms with Crippen LogP contribution >= 0.6 is 0 Å². The van der Waals surface area contributed by atoms with E-state index < -0.39 is 17.0 Å². The lowest BCUT2D eigenvalue weighted by molar-refractivity contribution is -0.123. The summed E-state index contributed by atoms with van der Waals surface area (Å²) in [6.45, 7) is -0.245. The first-order chi connectivity index (χ1) is 12.1. The van der Waals surface area contributed by atoms with Gasteiger partial charge in [0, 0.05) is 6.07 Å². The number of hydrogen-bond donors (Lipinski definition) is 1. The molecule has 0 atom stereocenters. The highest BCUT2D eigenvalue weighted by Gasteiger charge is 2.32. The molecule has 0 aliphatic heterocycles. The van der Waals surface area contributed by atoms with Gasteiger partial charge in [0.25, 0.3) is 5.56 Å². The molecule has 0 aromatic carbocycles. The second-order valence-corrected chi connectivity index (χ2v) is 6.18. The van der Waals surface area contributed by atoms with Crippen molar-refractivity contribution < 1.29 is 4.79 Å². The van der Waals surface area contributed by atoms with Crippen LogP contribution in [0.25, 0.3) is 5.82 Å². The van der Waals surface area contributed by atoms with Crippen LogP contribution in [0.2, 0.25) is 0 Å². The molecule has 1 aliphatic rings. The van der Waals surface area contributed by atoms with Gasteiger partial charge in [0.1, 0.15) is 24.7 Å². The van der Waals surface area contributed by atoms with E-state index in [2.05, 4.69) is 26.6 Å². The molecule has 25 heavy (non-hydrogen) atoms. The van der Waals surface area contributed by atoms with E-state index in [4.69, 9.17) is 0 Å². The maximum Gasteiger partial charge on any atom is 0.267 e. The third-order valence-corrected chi connectivity index (χ3v) is 4.35. The summed E-state index contributed by atoms with van der Waals surface area (Å²) < 4.78 is 2.46. The summed E-state index contributed by atoms with van der Waals surface area (Å²) in [4.78, 5) is 28.2. The third kappa shape index (κ3) is 3.91. The van der Waals surface area contributed by atoms with Gasteiger partial charge in [-0.05, 0) is 18.9 Å². The quantitative estimate of drug-likeness (QED) is 0.812. The monoisotopic (exact) mass is 341 g/mol. The number of nitrogens with one attached hydrogen (secondary N) is 1. The molecule has 0 unspecified atom stereocenters. The highest BCUT2D eigenvalue weighted by Crippen LogP contribution is 2.26. The summed E-state index contributed by atoms with van der Waals surface area (Å²) in [5.74, 6) is -0.0110. The molecule has 1 amide bonds. The summed E-state index contributed by atoms with van der Waals surface area (Å²) in [7, 11) is 0. The second-order valence-electron chi connectivity index (χ2n) is 6.18. The first kappa shape index (κ1) is 16.8. The van der Waals surface area contributed by atoms with Crippen molar-refractivity contribution in [3.8, 4) is 11.9 Å². The van der Waals surface area contributed by atoms with Crippen LogP contribution in [0.5, 0.6) is 0 Å². The average Bonchev–Trinajstić information content (AvgIpc) is 3.04. The Morgan fingerprint density at radius 3 is 2.68 bits per heavy atom. The Hall–Kier alpha value is -3.02. The van der Waals surface area contributed by atoms with Gasteiger partial charge in [-0.15, -0.1) is 5.10 Å².